The van der Waals surface area contributed by atoms with Crippen LogP contribution in [-0.4, -0.2) is 23.9 Å². The van der Waals surface area contributed by atoms with E-state index in [2.05, 4.69) is 6.92 Å². The van der Waals surface area contributed by atoms with Crippen LogP contribution in [-0.2, 0) is 4.74 Å². The Morgan fingerprint density at radius 1 is 0.889 bits per heavy atom. The molecule has 0 aromatic carbocycles. The molecule has 2 saturated carbocycles. The third-order valence-electron chi connectivity index (χ3n) is 3.98. The van der Waals surface area contributed by atoms with E-state index in [1.165, 1.54) is 64.2 Å². The van der Waals surface area contributed by atoms with E-state index >= 15 is 0 Å². The van der Waals surface area contributed by atoms with Crippen molar-refractivity contribution in [3.8, 4) is 0 Å². The Balaban J connectivity index is 0.000000199. The predicted octanol–water partition coefficient (Wildman–Crippen LogP) is 4.45. The molecule has 108 valence electrons. The molecule has 2 heteroatoms. The van der Waals surface area contributed by atoms with Crippen molar-refractivity contribution in [2.24, 2.45) is 0 Å². The first-order valence-electron chi connectivity index (χ1n) is 8.12. The number of aliphatic hydroxyl groups excluding tert-OH is 1. The average molecular weight is 256 g/mol. The molecule has 0 heterocycles. The summed E-state index contributed by atoms with van der Waals surface area (Å²) in [6, 6.07) is 0. The van der Waals surface area contributed by atoms with E-state index in [0.29, 0.717) is 6.10 Å². The smallest absolute Gasteiger partial charge is 0.0575 e. The molecule has 0 unspecified atom stereocenters. The summed E-state index contributed by atoms with van der Waals surface area (Å²) < 4.78 is 5.72. The van der Waals surface area contributed by atoms with Gasteiger partial charge in [0.05, 0.1) is 12.2 Å². The van der Waals surface area contributed by atoms with Crippen molar-refractivity contribution < 1.29 is 9.84 Å². The number of aliphatic hydroxyl groups is 1. The molecule has 0 saturated heterocycles. The van der Waals surface area contributed by atoms with Gasteiger partial charge < -0.3 is 9.84 Å². The van der Waals surface area contributed by atoms with E-state index in [1.54, 1.807) is 0 Å². The maximum absolute atomic E-state index is 8.91. The largest absolute Gasteiger partial charge is 0.393 e. The molecule has 2 aliphatic rings. The minimum atomic E-state index is 0.0359. The summed E-state index contributed by atoms with van der Waals surface area (Å²) in [7, 11) is 0. The second-order valence-electron chi connectivity index (χ2n) is 5.78. The lowest BCUT2D eigenvalue weighted by molar-refractivity contribution is 0.0269. The normalized spacial score (nSPS) is 22.3. The van der Waals surface area contributed by atoms with E-state index < -0.39 is 0 Å². The zero-order valence-electron chi connectivity index (χ0n) is 12.2. The van der Waals surface area contributed by atoms with Gasteiger partial charge >= 0.3 is 0 Å². The highest BCUT2D eigenvalue weighted by molar-refractivity contribution is 4.64. The van der Waals surface area contributed by atoms with Gasteiger partial charge in [0, 0.05) is 6.61 Å². The summed E-state index contributed by atoms with van der Waals surface area (Å²) in [5.41, 5.74) is 0. The Labute approximate surface area is 113 Å². The Kier molecular flexibility index (Phi) is 9.59. The summed E-state index contributed by atoms with van der Waals surface area (Å²) in [5, 5.41) is 8.91. The third-order valence-corrected chi connectivity index (χ3v) is 3.98. The van der Waals surface area contributed by atoms with Crippen molar-refractivity contribution >= 4 is 0 Å². The van der Waals surface area contributed by atoms with E-state index in [0.717, 1.165) is 19.4 Å². The molecule has 0 amide bonds. The monoisotopic (exact) mass is 256 g/mol. The number of unbranched alkanes of at least 4 members (excludes halogenated alkanes) is 1. The lowest BCUT2D eigenvalue weighted by Crippen LogP contribution is -2.16. The van der Waals surface area contributed by atoms with Crippen LogP contribution in [0.4, 0.5) is 0 Å². The van der Waals surface area contributed by atoms with Crippen LogP contribution in [0.25, 0.3) is 0 Å². The Morgan fingerprint density at radius 3 is 1.89 bits per heavy atom. The molecular formula is C16H32O2. The highest BCUT2D eigenvalue weighted by Gasteiger charge is 2.12. The van der Waals surface area contributed by atoms with Gasteiger partial charge in [-0.2, -0.15) is 0 Å². The summed E-state index contributed by atoms with van der Waals surface area (Å²) in [4.78, 5) is 0. The maximum atomic E-state index is 8.91. The standard InChI is InChI=1S/C10H20O.C6H12O/c1-2-3-9-11-10-7-5-4-6-8-10;7-6-4-2-1-3-5-6/h10H,2-9H2,1H3;6-7H,1-5H2. The van der Waals surface area contributed by atoms with Crippen LogP contribution in [0.5, 0.6) is 0 Å². The van der Waals surface area contributed by atoms with E-state index in [4.69, 9.17) is 9.84 Å². The fourth-order valence-corrected chi connectivity index (χ4v) is 2.71. The summed E-state index contributed by atoms with van der Waals surface area (Å²) in [6.45, 7) is 3.20. The molecule has 0 spiro atoms. The molecule has 2 fully saturated rings. The van der Waals surface area contributed by atoms with Crippen molar-refractivity contribution in [2.75, 3.05) is 6.61 Å². The Morgan fingerprint density at radius 2 is 1.44 bits per heavy atom. The van der Waals surface area contributed by atoms with Crippen LogP contribution in [0.2, 0.25) is 0 Å². The van der Waals surface area contributed by atoms with Crippen LogP contribution < -0.4 is 0 Å². The quantitative estimate of drug-likeness (QED) is 0.753. The van der Waals surface area contributed by atoms with Gasteiger partial charge in [-0.15, -0.1) is 0 Å². The van der Waals surface area contributed by atoms with Crippen molar-refractivity contribution in [2.45, 2.75) is 96.2 Å². The first-order chi connectivity index (χ1) is 8.83. The molecule has 2 aliphatic carbocycles. The highest BCUT2D eigenvalue weighted by atomic mass is 16.5. The molecule has 0 radical (unpaired) electrons. The van der Waals surface area contributed by atoms with E-state index in [-0.39, 0.29) is 6.10 Å². The summed E-state index contributed by atoms with van der Waals surface area (Å²) in [5.74, 6) is 0. The minimum absolute atomic E-state index is 0.0359. The molecule has 0 aromatic heterocycles. The zero-order valence-corrected chi connectivity index (χ0v) is 12.2. The lowest BCUT2D eigenvalue weighted by atomic mass is 9.98. The van der Waals surface area contributed by atoms with Gasteiger partial charge in [0.2, 0.25) is 0 Å². The first-order valence-corrected chi connectivity index (χ1v) is 8.12. The van der Waals surface area contributed by atoms with Gasteiger partial charge in [0.1, 0.15) is 0 Å². The van der Waals surface area contributed by atoms with Crippen molar-refractivity contribution in [1.82, 2.24) is 0 Å². The van der Waals surface area contributed by atoms with Gasteiger partial charge in [0.15, 0.2) is 0 Å². The van der Waals surface area contributed by atoms with Gasteiger partial charge in [-0.3, -0.25) is 0 Å². The second kappa shape index (κ2) is 10.8. The van der Waals surface area contributed by atoms with Crippen molar-refractivity contribution in [1.29, 1.82) is 0 Å². The van der Waals surface area contributed by atoms with Crippen molar-refractivity contribution in [3.63, 3.8) is 0 Å². The molecule has 0 bridgehead atoms. The molecular weight excluding hydrogens is 224 g/mol. The molecule has 2 nitrogen and oxygen atoms in total. The minimum Gasteiger partial charge on any atom is -0.393 e. The first kappa shape index (κ1) is 16.0. The van der Waals surface area contributed by atoms with Gasteiger partial charge in [0.25, 0.3) is 0 Å². The Bertz CT molecular complexity index is 170. The fraction of sp³-hybridized carbons (Fsp3) is 1.00. The molecule has 1 N–H and O–H groups in total. The molecule has 0 aromatic rings. The SMILES string of the molecule is CCCCOC1CCCCC1.OC1CCCCC1. The maximum Gasteiger partial charge on any atom is 0.0575 e. The molecule has 0 atom stereocenters. The predicted molar refractivity (Wildman–Crippen MR) is 76.8 cm³/mol. The van der Waals surface area contributed by atoms with Gasteiger partial charge in [-0.1, -0.05) is 51.9 Å². The van der Waals surface area contributed by atoms with Crippen LogP contribution in [0.1, 0.15) is 84.0 Å². The van der Waals surface area contributed by atoms with E-state index in [1.807, 2.05) is 0 Å². The van der Waals surface area contributed by atoms with Crippen LogP contribution in [0, 0.1) is 0 Å². The summed E-state index contributed by atoms with van der Waals surface area (Å²) in [6.07, 6.45) is 15.8. The van der Waals surface area contributed by atoms with E-state index in [9.17, 15) is 0 Å². The lowest BCUT2D eigenvalue weighted by Gasteiger charge is -2.21. The second-order valence-corrected chi connectivity index (χ2v) is 5.78. The Hall–Kier alpha value is -0.0800. The van der Waals surface area contributed by atoms with Crippen LogP contribution in [0.3, 0.4) is 0 Å². The van der Waals surface area contributed by atoms with Gasteiger partial charge in [-0.05, 0) is 32.1 Å². The zero-order chi connectivity index (χ0) is 13.1. The molecule has 18 heavy (non-hydrogen) atoms. The van der Waals surface area contributed by atoms with Crippen LogP contribution in [0.15, 0.2) is 0 Å². The molecule has 2 rings (SSSR count). The number of ether oxygens (including phenoxy) is 1. The topological polar surface area (TPSA) is 29.5 Å². The van der Waals surface area contributed by atoms with Gasteiger partial charge in [-0.25, -0.2) is 0 Å². The number of rotatable bonds is 4. The van der Waals surface area contributed by atoms with Crippen molar-refractivity contribution in [3.05, 3.63) is 0 Å². The average Bonchev–Trinajstić information content (AvgIpc) is 2.42. The van der Waals surface area contributed by atoms with Crippen LogP contribution >= 0.6 is 0 Å². The number of hydrogen-bond donors (Lipinski definition) is 1. The number of hydrogen-bond acceptors (Lipinski definition) is 2. The fourth-order valence-electron chi connectivity index (χ4n) is 2.71. The summed E-state index contributed by atoms with van der Waals surface area (Å²) >= 11 is 0. The third kappa shape index (κ3) is 8.10. The highest BCUT2D eigenvalue weighted by Crippen LogP contribution is 2.20. The molecule has 0 aliphatic heterocycles.